The Morgan fingerprint density at radius 1 is 1.53 bits per heavy atom. The van der Waals surface area contributed by atoms with Gasteiger partial charge in [0, 0.05) is 37.6 Å². The molecule has 0 radical (unpaired) electrons. The predicted molar refractivity (Wildman–Crippen MR) is 73.6 cm³/mol. The standard InChI is InChI=1S/C14H23N3/c1-4-8-15-14-10-13(7-9-16-14)17(3)11(2)12-5-6-12/h7,9-12H,4-6,8H2,1-3H3,(H,15,16). The number of hydrogen-bond donors (Lipinski definition) is 1. The molecule has 2 rings (SSSR count). The van der Waals surface area contributed by atoms with Gasteiger partial charge in [-0.3, -0.25) is 0 Å². The van der Waals surface area contributed by atoms with Crippen LogP contribution in [0.5, 0.6) is 0 Å². The Bertz CT molecular complexity index is 360. The molecule has 1 fully saturated rings. The van der Waals surface area contributed by atoms with Crippen molar-refractivity contribution >= 4 is 11.5 Å². The van der Waals surface area contributed by atoms with Crippen molar-refractivity contribution in [2.24, 2.45) is 5.92 Å². The minimum Gasteiger partial charge on any atom is -0.371 e. The fraction of sp³-hybridized carbons (Fsp3) is 0.643. The lowest BCUT2D eigenvalue weighted by Gasteiger charge is -2.27. The van der Waals surface area contributed by atoms with Crippen molar-refractivity contribution in [2.45, 2.75) is 39.2 Å². The van der Waals surface area contributed by atoms with Crippen molar-refractivity contribution in [3.8, 4) is 0 Å². The van der Waals surface area contributed by atoms with Gasteiger partial charge in [0.15, 0.2) is 0 Å². The van der Waals surface area contributed by atoms with Crippen LogP contribution in [0.1, 0.15) is 33.1 Å². The summed E-state index contributed by atoms with van der Waals surface area (Å²) in [6, 6.07) is 4.88. The summed E-state index contributed by atoms with van der Waals surface area (Å²) in [6.07, 6.45) is 5.79. The number of nitrogens with one attached hydrogen (secondary N) is 1. The van der Waals surface area contributed by atoms with Crippen LogP contribution in [0.2, 0.25) is 0 Å². The highest BCUT2D eigenvalue weighted by atomic mass is 15.1. The van der Waals surface area contributed by atoms with E-state index in [1.165, 1.54) is 18.5 Å². The van der Waals surface area contributed by atoms with E-state index in [4.69, 9.17) is 0 Å². The second-order valence-electron chi connectivity index (χ2n) is 5.01. The first-order valence-corrected chi connectivity index (χ1v) is 6.65. The van der Waals surface area contributed by atoms with Crippen LogP contribution in [0.15, 0.2) is 18.3 Å². The summed E-state index contributed by atoms with van der Waals surface area (Å²) in [5, 5.41) is 3.34. The maximum atomic E-state index is 4.34. The molecule has 3 nitrogen and oxygen atoms in total. The van der Waals surface area contributed by atoms with Gasteiger partial charge >= 0.3 is 0 Å². The van der Waals surface area contributed by atoms with Crippen molar-refractivity contribution < 1.29 is 0 Å². The zero-order valence-electron chi connectivity index (χ0n) is 11.1. The molecule has 0 aliphatic heterocycles. The van der Waals surface area contributed by atoms with Gasteiger partial charge in [0.1, 0.15) is 5.82 Å². The van der Waals surface area contributed by atoms with E-state index in [0.29, 0.717) is 6.04 Å². The monoisotopic (exact) mass is 233 g/mol. The molecule has 1 N–H and O–H groups in total. The smallest absolute Gasteiger partial charge is 0.127 e. The highest BCUT2D eigenvalue weighted by Gasteiger charge is 2.30. The van der Waals surface area contributed by atoms with Crippen molar-refractivity contribution in [1.82, 2.24) is 4.98 Å². The molecule has 0 bridgehead atoms. The van der Waals surface area contributed by atoms with Crippen LogP contribution in [-0.2, 0) is 0 Å². The van der Waals surface area contributed by atoms with E-state index >= 15 is 0 Å². The Morgan fingerprint density at radius 2 is 2.29 bits per heavy atom. The molecule has 1 atom stereocenters. The fourth-order valence-corrected chi connectivity index (χ4v) is 2.12. The van der Waals surface area contributed by atoms with Gasteiger partial charge in [-0.2, -0.15) is 0 Å². The van der Waals surface area contributed by atoms with Crippen LogP contribution in [0, 0.1) is 5.92 Å². The molecule has 3 heteroatoms. The van der Waals surface area contributed by atoms with Crippen LogP contribution in [0.25, 0.3) is 0 Å². The van der Waals surface area contributed by atoms with E-state index in [-0.39, 0.29) is 0 Å². The summed E-state index contributed by atoms with van der Waals surface area (Å²) in [4.78, 5) is 6.71. The molecule has 1 aromatic rings. The molecule has 1 heterocycles. The average molecular weight is 233 g/mol. The molecule has 0 aromatic carbocycles. The molecular formula is C14H23N3. The third-order valence-corrected chi connectivity index (χ3v) is 3.62. The lowest BCUT2D eigenvalue weighted by Crippen LogP contribution is -2.30. The first-order chi connectivity index (χ1) is 8.22. The lowest BCUT2D eigenvalue weighted by molar-refractivity contribution is 0.609. The van der Waals surface area contributed by atoms with Crippen LogP contribution >= 0.6 is 0 Å². The maximum absolute atomic E-state index is 4.34. The summed E-state index contributed by atoms with van der Waals surface area (Å²) in [5.74, 6) is 1.87. The Hall–Kier alpha value is -1.25. The lowest BCUT2D eigenvalue weighted by atomic mass is 10.2. The molecule has 1 aliphatic carbocycles. The Kier molecular flexibility index (Phi) is 3.87. The maximum Gasteiger partial charge on any atom is 0.127 e. The summed E-state index contributed by atoms with van der Waals surface area (Å²) >= 11 is 0. The first-order valence-electron chi connectivity index (χ1n) is 6.65. The van der Waals surface area contributed by atoms with Crippen LogP contribution in [0.3, 0.4) is 0 Å². The SMILES string of the molecule is CCCNc1cc(N(C)C(C)C2CC2)ccn1. The summed E-state index contributed by atoms with van der Waals surface area (Å²) in [7, 11) is 2.18. The van der Waals surface area contributed by atoms with Gasteiger partial charge in [0.05, 0.1) is 0 Å². The van der Waals surface area contributed by atoms with Gasteiger partial charge in [0.25, 0.3) is 0 Å². The molecule has 17 heavy (non-hydrogen) atoms. The second kappa shape index (κ2) is 5.39. The van der Waals surface area contributed by atoms with Crippen molar-refractivity contribution in [3.05, 3.63) is 18.3 Å². The minimum atomic E-state index is 0.636. The number of rotatable bonds is 6. The summed E-state index contributed by atoms with van der Waals surface area (Å²) < 4.78 is 0. The number of anilines is 2. The molecule has 1 aromatic heterocycles. The number of hydrogen-bond acceptors (Lipinski definition) is 3. The van der Waals surface area contributed by atoms with E-state index in [2.05, 4.69) is 48.2 Å². The zero-order valence-corrected chi connectivity index (χ0v) is 11.1. The van der Waals surface area contributed by atoms with E-state index in [1.54, 1.807) is 0 Å². The number of aromatic nitrogens is 1. The third-order valence-electron chi connectivity index (χ3n) is 3.62. The zero-order chi connectivity index (χ0) is 12.3. The van der Waals surface area contributed by atoms with Crippen LogP contribution in [-0.4, -0.2) is 24.6 Å². The van der Waals surface area contributed by atoms with E-state index in [9.17, 15) is 0 Å². The van der Waals surface area contributed by atoms with Crippen molar-refractivity contribution in [1.29, 1.82) is 0 Å². The molecule has 94 valence electrons. The molecule has 1 saturated carbocycles. The highest BCUT2D eigenvalue weighted by molar-refractivity contribution is 5.54. The molecule has 0 saturated heterocycles. The quantitative estimate of drug-likeness (QED) is 0.818. The van der Waals surface area contributed by atoms with Gasteiger partial charge < -0.3 is 10.2 Å². The fourth-order valence-electron chi connectivity index (χ4n) is 2.12. The Labute approximate surface area is 104 Å². The molecule has 0 amide bonds. The van der Waals surface area contributed by atoms with E-state index < -0.39 is 0 Å². The van der Waals surface area contributed by atoms with Gasteiger partial charge in [0.2, 0.25) is 0 Å². The van der Waals surface area contributed by atoms with Gasteiger partial charge in [-0.15, -0.1) is 0 Å². The Balaban J connectivity index is 2.03. The highest BCUT2D eigenvalue weighted by Crippen LogP contribution is 2.36. The largest absolute Gasteiger partial charge is 0.371 e. The molecule has 1 unspecified atom stereocenters. The summed E-state index contributed by atoms with van der Waals surface area (Å²) in [5.41, 5.74) is 1.26. The van der Waals surface area contributed by atoms with Gasteiger partial charge in [-0.05, 0) is 38.2 Å². The van der Waals surface area contributed by atoms with Crippen LogP contribution in [0.4, 0.5) is 11.5 Å². The topological polar surface area (TPSA) is 28.2 Å². The average Bonchev–Trinajstić information content (AvgIpc) is 3.19. The van der Waals surface area contributed by atoms with Crippen LogP contribution < -0.4 is 10.2 Å². The Morgan fingerprint density at radius 3 is 2.94 bits per heavy atom. The molecule has 0 spiro atoms. The normalized spacial score (nSPS) is 16.6. The first kappa shape index (κ1) is 12.2. The summed E-state index contributed by atoms with van der Waals surface area (Å²) in [6.45, 7) is 5.47. The molecule has 1 aliphatic rings. The van der Waals surface area contributed by atoms with Gasteiger partial charge in [-0.25, -0.2) is 4.98 Å². The van der Waals surface area contributed by atoms with E-state index in [0.717, 1.165) is 24.7 Å². The third kappa shape index (κ3) is 3.11. The molecular weight excluding hydrogens is 210 g/mol. The number of nitrogens with zero attached hydrogens (tertiary/aromatic N) is 2. The second-order valence-corrected chi connectivity index (χ2v) is 5.01. The minimum absolute atomic E-state index is 0.636. The van der Waals surface area contributed by atoms with Crippen molar-refractivity contribution in [3.63, 3.8) is 0 Å². The predicted octanol–water partition coefficient (Wildman–Crippen LogP) is 3.14. The van der Waals surface area contributed by atoms with Crippen molar-refractivity contribution in [2.75, 3.05) is 23.8 Å². The number of pyridine rings is 1. The van der Waals surface area contributed by atoms with Gasteiger partial charge in [-0.1, -0.05) is 6.92 Å². The van der Waals surface area contributed by atoms with E-state index in [1.807, 2.05) is 6.20 Å².